The molecule has 0 radical (unpaired) electrons. The average molecular weight is 286 g/mol. The maximum Gasteiger partial charge on any atom is 0.241 e. The fourth-order valence-electron chi connectivity index (χ4n) is 1.93. The molecule has 0 aliphatic heterocycles. The van der Waals surface area contributed by atoms with E-state index in [1.165, 1.54) is 6.08 Å². The van der Waals surface area contributed by atoms with Gasteiger partial charge < -0.3 is 10.6 Å². The number of hydrogen-bond donors (Lipinski definition) is 1. The van der Waals surface area contributed by atoms with E-state index in [4.69, 9.17) is 5.73 Å². The van der Waals surface area contributed by atoms with Gasteiger partial charge in [0.05, 0.1) is 0 Å². The standard InChI is InChI=1S/C17H22N2O2/c1-12(5-10-16(18)20)11-13(2)17(21)14-6-8-15(9-7-14)19(3)4/h5-11,13H,1-4H3,(H2,18,20)/t13-/m0/s1. The van der Waals surface area contributed by atoms with E-state index < -0.39 is 5.91 Å². The summed E-state index contributed by atoms with van der Waals surface area (Å²) >= 11 is 0. The molecule has 0 bridgehead atoms. The van der Waals surface area contributed by atoms with E-state index in [1.807, 2.05) is 63.2 Å². The molecule has 0 heterocycles. The van der Waals surface area contributed by atoms with Gasteiger partial charge in [-0.2, -0.15) is 0 Å². The first kappa shape index (κ1) is 16.7. The third-order valence-corrected chi connectivity index (χ3v) is 3.11. The van der Waals surface area contributed by atoms with Gasteiger partial charge in [-0.3, -0.25) is 9.59 Å². The van der Waals surface area contributed by atoms with Gasteiger partial charge in [-0.15, -0.1) is 0 Å². The number of nitrogens with zero attached hydrogens (tertiary/aromatic N) is 1. The largest absolute Gasteiger partial charge is 0.378 e. The van der Waals surface area contributed by atoms with Gasteiger partial charge in [-0.25, -0.2) is 0 Å². The van der Waals surface area contributed by atoms with E-state index in [9.17, 15) is 9.59 Å². The summed E-state index contributed by atoms with van der Waals surface area (Å²) in [4.78, 5) is 25.0. The van der Waals surface area contributed by atoms with Gasteiger partial charge in [0.15, 0.2) is 5.78 Å². The summed E-state index contributed by atoms with van der Waals surface area (Å²) in [5, 5.41) is 0. The van der Waals surface area contributed by atoms with Gasteiger partial charge in [0.25, 0.3) is 0 Å². The second-order valence-corrected chi connectivity index (χ2v) is 5.24. The maximum absolute atomic E-state index is 12.3. The van der Waals surface area contributed by atoms with E-state index >= 15 is 0 Å². The number of anilines is 1. The average Bonchev–Trinajstić information content (AvgIpc) is 2.44. The molecular formula is C17H22N2O2. The lowest BCUT2D eigenvalue weighted by atomic mass is 9.97. The predicted octanol–water partition coefficient (Wildman–Crippen LogP) is 2.56. The smallest absolute Gasteiger partial charge is 0.241 e. The fourth-order valence-corrected chi connectivity index (χ4v) is 1.93. The fraction of sp³-hybridized carbons (Fsp3) is 0.294. The summed E-state index contributed by atoms with van der Waals surface area (Å²) in [7, 11) is 3.91. The first-order valence-electron chi connectivity index (χ1n) is 6.79. The number of primary amides is 1. The molecule has 0 saturated heterocycles. The number of carbonyl (C=O) groups excluding carboxylic acids is 2. The SMILES string of the molecule is CC(C=CC(N)=O)=C[C@H](C)C(=O)c1ccc(N(C)C)cc1. The Kier molecular flexibility index (Phi) is 5.91. The van der Waals surface area contributed by atoms with Gasteiger partial charge >= 0.3 is 0 Å². The predicted molar refractivity (Wildman–Crippen MR) is 86.4 cm³/mol. The highest BCUT2D eigenvalue weighted by molar-refractivity contribution is 5.99. The van der Waals surface area contributed by atoms with Crippen molar-refractivity contribution in [3.63, 3.8) is 0 Å². The van der Waals surface area contributed by atoms with Gasteiger partial charge in [-0.05, 0) is 31.2 Å². The minimum Gasteiger partial charge on any atom is -0.378 e. The zero-order valence-electron chi connectivity index (χ0n) is 13.0. The van der Waals surface area contributed by atoms with Gasteiger partial charge in [0, 0.05) is 37.3 Å². The molecule has 0 fully saturated rings. The monoisotopic (exact) mass is 286 g/mol. The molecule has 0 spiro atoms. The van der Waals surface area contributed by atoms with Crippen molar-refractivity contribution in [1.29, 1.82) is 0 Å². The minimum absolute atomic E-state index is 0.0483. The lowest BCUT2D eigenvalue weighted by molar-refractivity contribution is -0.113. The van der Waals surface area contributed by atoms with E-state index in [-0.39, 0.29) is 11.7 Å². The van der Waals surface area contributed by atoms with Crippen molar-refractivity contribution in [1.82, 2.24) is 0 Å². The lowest BCUT2D eigenvalue weighted by Crippen LogP contribution is -2.11. The Bertz CT molecular complexity index is 569. The van der Waals surface area contributed by atoms with Crippen LogP contribution in [0.2, 0.25) is 0 Å². The number of Topliss-reactive ketones (excluding diaryl/α,β-unsaturated/α-hetero) is 1. The molecule has 4 heteroatoms. The number of benzene rings is 1. The molecule has 21 heavy (non-hydrogen) atoms. The number of carbonyl (C=O) groups is 2. The van der Waals surface area contributed by atoms with Crippen molar-refractivity contribution in [2.24, 2.45) is 11.7 Å². The molecule has 1 rings (SSSR count). The quantitative estimate of drug-likeness (QED) is 0.496. The summed E-state index contributed by atoms with van der Waals surface area (Å²) in [6, 6.07) is 7.50. The van der Waals surface area contributed by atoms with E-state index in [0.717, 1.165) is 11.3 Å². The molecule has 0 aliphatic carbocycles. The molecule has 2 N–H and O–H groups in total. The molecule has 0 aliphatic rings. The number of hydrogen-bond acceptors (Lipinski definition) is 3. The summed E-state index contributed by atoms with van der Waals surface area (Å²) in [5.74, 6) is -0.708. The van der Waals surface area contributed by atoms with Crippen LogP contribution in [0.3, 0.4) is 0 Å². The number of ketones is 1. The molecule has 0 aromatic heterocycles. The molecule has 1 atom stereocenters. The van der Waals surface area contributed by atoms with E-state index in [2.05, 4.69) is 0 Å². The molecule has 112 valence electrons. The van der Waals surface area contributed by atoms with Crippen LogP contribution in [-0.4, -0.2) is 25.8 Å². The Morgan fingerprint density at radius 2 is 1.71 bits per heavy atom. The Labute approximate surface area is 125 Å². The molecule has 1 aromatic carbocycles. The number of rotatable bonds is 6. The van der Waals surface area contributed by atoms with Crippen LogP contribution in [0.1, 0.15) is 24.2 Å². The molecular weight excluding hydrogens is 264 g/mol. The first-order valence-corrected chi connectivity index (χ1v) is 6.79. The highest BCUT2D eigenvalue weighted by Gasteiger charge is 2.13. The van der Waals surface area contributed by atoms with Gasteiger partial charge in [-0.1, -0.05) is 24.6 Å². The first-order chi connectivity index (χ1) is 9.81. The van der Waals surface area contributed by atoms with Crippen LogP contribution in [0, 0.1) is 5.92 Å². The summed E-state index contributed by atoms with van der Waals surface area (Å²) in [6.07, 6.45) is 4.72. The Balaban J connectivity index is 2.82. The van der Waals surface area contributed by atoms with Crippen molar-refractivity contribution in [2.75, 3.05) is 19.0 Å². The lowest BCUT2D eigenvalue weighted by Gasteiger charge is -2.13. The summed E-state index contributed by atoms with van der Waals surface area (Å²) in [5.41, 5.74) is 7.60. The molecule has 1 aromatic rings. The zero-order valence-corrected chi connectivity index (χ0v) is 13.0. The zero-order chi connectivity index (χ0) is 16.0. The van der Waals surface area contributed by atoms with Crippen molar-refractivity contribution in [2.45, 2.75) is 13.8 Å². The highest BCUT2D eigenvalue weighted by Crippen LogP contribution is 2.16. The number of allylic oxidation sites excluding steroid dienone is 3. The van der Waals surface area contributed by atoms with Crippen LogP contribution in [0.25, 0.3) is 0 Å². The molecule has 4 nitrogen and oxygen atoms in total. The minimum atomic E-state index is -0.499. The summed E-state index contributed by atoms with van der Waals surface area (Å²) in [6.45, 7) is 3.67. The van der Waals surface area contributed by atoms with E-state index in [0.29, 0.717) is 5.56 Å². The second-order valence-electron chi connectivity index (χ2n) is 5.24. The van der Waals surface area contributed by atoms with Crippen molar-refractivity contribution >= 4 is 17.4 Å². The van der Waals surface area contributed by atoms with Crippen LogP contribution >= 0.6 is 0 Å². The molecule has 0 saturated carbocycles. The van der Waals surface area contributed by atoms with E-state index in [1.54, 1.807) is 6.08 Å². The third-order valence-electron chi connectivity index (χ3n) is 3.11. The van der Waals surface area contributed by atoms with Crippen molar-refractivity contribution in [3.05, 3.63) is 53.6 Å². The van der Waals surface area contributed by atoms with Crippen LogP contribution in [0.5, 0.6) is 0 Å². The van der Waals surface area contributed by atoms with Crippen LogP contribution in [-0.2, 0) is 4.79 Å². The van der Waals surface area contributed by atoms with Crippen LogP contribution < -0.4 is 10.6 Å². The number of nitrogens with two attached hydrogens (primary N) is 1. The Hall–Kier alpha value is -2.36. The van der Waals surface area contributed by atoms with Crippen molar-refractivity contribution < 1.29 is 9.59 Å². The number of amides is 1. The van der Waals surface area contributed by atoms with Crippen molar-refractivity contribution in [3.8, 4) is 0 Å². The topological polar surface area (TPSA) is 63.4 Å². The Morgan fingerprint density at radius 1 is 1.14 bits per heavy atom. The van der Waals surface area contributed by atoms with Crippen LogP contribution in [0.4, 0.5) is 5.69 Å². The molecule has 1 amide bonds. The summed E-state index contributed by atoms with van der Waals surface area (Å²) < 4.78 is 0. The Morgan fingerprint density at radius 3 is 2.19 bits per heavy atom. The second kappa shape index (κ2) is 7.43. The third kappa shape index (κ3) is 5.26. The highest BCUT2D eigenvalue weighted by atomic mass is 16.1. The molecule has 0 unspecified atom stereocenters. The normalized spacial score (nSPS) is 13.2. The van der Waals surface area contributed by atoms with Crippen LogP contribution in [0.15, 0.2) is 48.1 Å². The van der Waals surface area contributed by atoms with Gasteiger partial charge in [0.1, 0.15) is 0 Å². The van der Waals surface area contributed by atoms with Gasteiger partial charge in [0.2, 0.25) is 5.91 Å². The maximum atomic E-state index is 12.3.